The fraction of sp³-hybridized carbons (Fsp3) is 0.316. The molecule has 7 nitrogen and oxygen atoms in total. The van der Waals surface area contributed by atoms with Gasteiger partial charge in [-0.2, -0.15) is 0 Å². The van der Waals surface area contributed by atoms with Gasteiger partial charge in [-0.3, -0.25) is 9.10 Å². The van der Waals surface area contributed by atoms with Crippen LogP contribution in [0.1, 0.15) is 12.5 Å². The van der Waals surface area contributed by atoms with Crippen molar-refractivity contribution in [2.24, 2.45) is 0 Å². The van der Waals surface area contributed by atoms with E-state index in [0.717, 1.165) is 5.56 Å². The van der Waals surface area contributed by atoms with Crippen molar-refractivity contribution in [3.63, 3.8) is 0 Å². The average molecular weight is 390 g/mol. The first kappa shape index (κ1) is 19.0. The molecule has 144 valence electrons. The molecule has 3 rings (SSSR count). The number of carbonyl (C=O) groups excluding carboxylic acids is 1. The Morgan fingerprint density at radius 2 is 1.93 bits per heavy atom. The predicted molar refractivity (Wildman–Crippen MR) is 102 cm³/mol. The maximum Gasteiger partial charge on any atom is 0.268 e. The van der Waals surface area contributed by atoms with Gasteiger partial charge in [-0.15, -0.1) is 0 Å². The summed E-state index contributed by atoms with van der Waals surface area (Å²) in [5.41, 5.74) is 1.30. The molecule has 0 aromatic heterocycles. The number of hydrogen-bond donors (Lipinski definition) is 1. The van der Waals surface area contributed by atoms with Crippen molar-refractivity contribution in [1.29, 1.82) is 0 Å². The van der Waals surface area contributed by atoms with Gasteiger partial charge in [0, 0.05) is 19.0 Å². The minimum absolute atomic E-state index is 0.0460. The average Bonchev–Trinajstić information content (AvgIpc) is 3.08. The number of hydrogen-bond acceptors (Lipinski definition) is 5. The second kappa shape index (κ2) is 7.48. The van der Waals surface area contributed by atoms with Crippen LogP contribution in [0.4, 0.5) is 5.69 Å². The number of para-hydroxylation sites is 1. The first-order chi connectivity index (χ1) is 12.9. The van der Waals surface area contributed by atoms with Crippen LogP contribution in [-0.2, 0) is 21.2 Å². The summed E-state index contributed by atoms with van der Waals surface area (Å²) in [5.74, 6) is 0.241. The van der Waals surface area contributed by atoms with Gasteiger partial charge in [-0.1, -0.05) is 18.2 Å². The van der Waals surface area contributed by atoms with E-state index in [9.17, 15) is 13.2 Å². The molecule has 8 heteroatoms. The number of carbonyl (C=O) groups is 1. The first-order valence-electron chi connectivity index (χ1n) is 8.56. The summed E-state index contributed by atoms with van der Waals surface area (Å²) in [7, 11) is -1.21. The first-order valence-corrected chi connectivity index (χ1v) is 10.00. The maximum atomic E-state index is 13.6. The molecular weight excluding hydrogens is 368 g/mol. The van der Waals surface area contributed by atoms with Crippen molar-refractivity contribution in [3.8, 4) is 11.5 Å². The zero-order valence-electron chi connectivity index (χ0n) is 15.4. The Kier molecular flexibility index (Phi) is 5.27. The summed E-state index contributed by atoms with van der Waals surface area (Å²) >= 11 is 0. The van der Waals surface area contributed by atoms with Crippen molar-refractivity contribution in [2.45, 2.75) is 24.3 Å². The van der Waals surface area contributed by atoms with E-state index in [1.54, 1.807) is 25.1 Å². The zero-order chi connectivity index (χ0) is 19.6. The van der Waals surface area contributed by atoms with Crippen molar-refractivity contribution < 1.29 is 22.7 Å². The minimum Gasteiger partial charge on any atom is -0.497 e. The van der Waals surface area contributed by atoms with E-state index in [2.05, 4.69) is 5.32 Å². The summed E-state index contributed by atoms with van der Waals surface area (Å²) in [4.78, 5) is 12.6. The molecule has 1 heterocycles. The SMILES string of the molecule is CCNC(=O)C1Cc2ccccc2N1S(=O)(=O)c1cc(OC)ccc1OC. The van der Waals surface area contributed by atoms with E-state index in [0.29, 0.717) is 24.4 Å². The number of amides is 1. The van der Waals surface area contributed by atoms with Crippen LogP contribution >= 0.6 is 0 Å². The lowest BCUT2D eigenvalue weighted by atomic mass is 10.1. The molecule has 2 aromatic carbocycles. The Morgan fingerprint density at radius 1 is 1.19 bits per heavy atom. The van der Waals surface area contributed by atoms with Crippen molar-refractivity contribution in [1.82, 2.24) is 5.32 Å². The molecule has 0 spiro atoms. The van der Waals surface area contributed by atoms with Crippen molar-refractivity contribution in [2.75, 3.05) is 25.1 Å². The fourth-order valence-corrected chi connectivity index (χ4v) is 5.06. The minimum atomic E-state index is -4.07. The Bertz CT molecular complexity index is 958. The van der Waals surface area contributed by atoms with Crippen molar-refractivity contribution in [3.05, 3.63) is 48.0 Å². The standard InChI is InChI=1S/C19H22N2O5S/c1-4-20-19(22)16-11-13-7-5-6-8-15(13)21(16)27(23,24)18-12-14(25-2)9-10-17(18)26-3/h5-10,12,16H,4,11H2,1-3H3,(H,20,22). The molecule has 1 amide bonds. The molecule has 0 saturated carbocycles. The quantitative estimate of drug-likeness (QED) is 0.815. The highest BCUT2D eigenvalue weighted by atomic mass is 32.2. The molecule has 0 fully saturated rings. The zero-order valence-corrected chi connectivity index (χ0v) is 16.2. The lowest BCUT2D eigenvalue weighted by Crippen LogP contribution is -2.48. The van der Waals surface area contributed by atoms with Gasteiger partial charge in [0.15, 0.2) is 0 Å². The number of ether oxygens (including phenoxy) is 2. The summed E-state index contributed by atoms with van der Waals surface area (Å²) in [6, 6.07) is 10.8. The third-order valence-corrected chi connectivity index (χ3v) is 6.33. The molecule has 0 radical (unpaired) electrons. The molecule has 2 aromatic rings. The van der Waals surface area contributed by atoms with Crippen LogP contribution in [0.25, 0.3) is 0 Å². The Morgan fingerprint density at radius 3 is 2.59 bits per heavy atom. The Hall–Kier alpha value is -2.74. The van der Waals surface area contributed by atoms with Crippen LogP contribution in [0.3, 0.4) is 0 Å². The van der Waals surface area contributed by atoms with Gasteiger partial charge in [0.1, 0.15) is 22.4 Å². The molecule has 1 aliphatic heterocycles. The van der Waals surface area contributed by atoms with E-state index in [-0.39, 0.29) is 16.6 Å². The van der Waals surface area contributed by atoms with E-state index < -0.39 is 16.1 Å². The highest BCUT2D eigenvalue weighted by Crippen LogP contribution is 2.39. The number of fused-ring (bicyclic) bond motifs is 1. The van der Waals surface area contributed by atoms with E-state index in [4.69, 9.17) is 9.47 Å². The smallest absolute Gasteiger partial charge is 0.268 e. The predicted octanol–water partition coefficient (Wildman–Crippen LogP) is 1.96. The molecule has 1 aliphatic rings. The molecule has 1 N–H and O–H groups in total. The van der Waals surface area contributed by atoms with Gasteiger partial charge in [0.2, 0.25) is 5.91 Å². The van der Waals surface area contributed by atoms with Gasteiger partial charge in [-0.25, -0.2) is 8.42 Å². The van der Waals surface area contributed by atoms with Crippen LogP contribution in [0.15, 0.2) is 47.4 Å². The number of nitrogens with zero attached hydrogens (tertiary/aromatic N) is 1. The number of sulfonamides is 1. The second-order valence-electron chi connectivity index (χ2n) is 6.06. The largest absolute Gasteiger partial charge is 0.497 e. The highest BCUT2D eigenvalue weighted by molar-refractivity contribution is 7.93. The van der Waals surface area contributed by atoms with Gasteiger partial charge in [-0.05, 0) is 30.7 Å². The molecule has 0 saturated heterocycles. The van der Waals surface area contributed by atoms with Crippen LogP contribution in [0, 0.1) is 0 Å². The highest BCUT2D eigenvalue weighted by Gasteiger charge is 2.43. The summed E-state index contributed by atoms with van der Waals surface area (Å²) in [5, 5.41) is 2.73. The normalized spacial score (nSPS) is 16.0. The molecule has 0 bridgehead atoms. The summed E-state index contributed by atoms with van der Waals surface area (Å²) < 4.78 is 38.8. The second-order valence-corrected chi connectivity index (χ2v) is 7.84. The maximum absolute atomic E-state index is 13.6. The topological polar surface area (TPSA) is 84.9 Å². The lowest BCUT2D eigenvalue weighted by Gasteiger charge is -2.27. The Labute approximate surface area is 158 Å². The van der Waals surface area contributed by atoms with Gasteiger partial charge in [0.05, 0.1) is 19.9 Å². The summed E-state index contributed by atoms with van der Waals surface area (Å²) in [6.07, 6.45) is 0.313. The summed E-state index contributed by atoms with van der Waals surface area (Å²) in [6.45, 7) is 2.21. The molecule has 1 unspecified atom stereocenters. The third kappa shape index (κ3) is 3.32. The van der Waals surface area contributed by atoms with Gasteiger partial charge >= 0.3 is 0 Å². The van der Waals surface area contributed by atoms with E-state index in [1.807, 2.05) is 12.1 Å². The van der Waals surface area contributed by atoms with Gasteiger partial charge < -0.3 is 14.8 Å². The fourth-order valence-electron chi connectivity index (χ4n) is 3.24. The number of likely N-dealkylation sites (N-methyl/N-ethyl adjacent to an activating group) is 1. The van der Waals surface area contributed by atoms with Crippen LogP contribution in [0.2, 0.25) is 0 Å². The number of benzene rings is 2. The third-order valence-electron chi connectivity index (χ3n) is 4.49. The monoisotopic (exact) mass is 390 g/mol. The molecule has 1 atom stereocenters. The number of rotatable bonds is 6. The van der Waals surface area contributed by atoms with Gasteiger partial charge in [0.25, 0.3) is 10.0 Å². The van der Waals surface area contributed by atoms with Crippen molar-refractivity contribution >= 4 is 21.6 Å². The number of anilines is 1. The number of methoxy groups -OCH3 is 2. The molecule has 27 heavy (non-hydrogen) atoms. The lowest BCUT2D eigenvalue weighted by molar-refractivity contribution is -0.121. The van der Waals surface area contributed by atoms with Crippen LogP contribution in [0.5, 0.6) is 11.5 Å². The Balaban J connectivity index is 2.17. The van der Waals surface area contributed by atoms with Crippen LogP contribution < -0.4 is 19.1 Å². The number of nitrogens with one attached hydrogen (secondary N) is 1. The van der Waals surface area contributed by atoms with E-state index in [1.165, 1.54) is 30.7 Å². The molecular formula is C19H22N2O5S. The van der Waals surface area contributed by atoms with E-state index >= 15 is 0 Å². The van der Waals surface area contributed by atoms with Crippen LogP contribution in [-0.4, -0.2) is 41.1 Å². The molecule has 0 aliphatic carbocycles.